The number of ether oxygens (including phenoxy) is 1. The molecule has 0 bridgehead atoms. The third-order valence-electron chi connectivity index (χ3n) is 2.14. The molecule has 1 amide bonds. The van der Waals surface area contributed by atoms with Crippen molar-refractivity contribution in [3.8, 4) is 11.8 Å². The minimum atomic E-state index is -1.33. The van der Waals surface area contributed by atoms with E-state index in [2.05, 4.69) is 11.2 Å². The van der Waals surface area contributed by atoms with E-state index in [1.54, 1.807) is 20.8 Å². The average Bonchev–Trinajstić information content (AvgIpc) is 2.21. The van der Waals surface area contributed by atoms with Crippen molar-refractivity contribution in [2.45, 2.75) is 58.8 Å². The highest BCUT2D eigenvalue weighted by molar-refractivity contribution is 5.86. The van der Waals surface area contributed by atoms with Crippen molar-refractivity contribution < 1.29 is 24.5 Å². The summed E-state index contributed by atoms with van der Waals surface area (Å²) in [4.78, 5) is 22.0. The van der Waals surface area contributed by atoms with E-state index in [1.165, 1.54) is 0 Å². The fraction of sp³-hybridized carbons (Fsp3) is 0.714. The summed E-state index contributed by atoms with van der Waals surface area (Å²) in [6.07, 6.45) is -1.48. The molecule has 0 aromatic carbocycles. The van der Waals surface area contributed by atoms with E-state index < -0.39 is 29.8 Å². The van der Waals surface area contributed by atoms with Gasteiger partial charge in [0.25, 0.3) is 0 Å². The number of aliphatic carboxylic acids is 1. The lowest BCUT2D eigenvalue weighted by molar-refractivity contribution is -0.130. The molecule has 0 aliphatic carbocycles. The summed E-state index contributed by atoms with van der Waals surface area (Å²) < 4.78 is 5.10. The first-order valence-electron chi connectivity index (χ1n) is 6.43. The Kier molecular flexibility index (Phi) is 7.08. The molecule has 20 heavy (non-hydrogen) atoms. The fourth-order valence-corrected chi connectivity index (χ4v) is 1.47. The summed E-state index contributed by atoms with van der Waals surface area (Å²) in [5, 5.41) is 20.8. The van der Waals surface area contributed by atoms with Gasteiger partial charge in [-0.1, -0.05) is 19.8 Å². The maximum atomic E-state index is 11.7. The summed E-state index contributed by atoms with van der Waals surface area (Å²) >= 11 is 0. The standard InChI is InChI=1S/C14H23NO5/c1-9(2)8-10(11(16)6-7-12(17)18)15-13(19)20-14(3,4)5/h9-11,16H,8H2,1-5H3,(H,15,19)(H,17,18)/t10-,11+/m0/s1. The maximum Gasteiger partial charge on any atom is 0.407 e. The number of carboxylic acids is 1. The van der Waals surface area contributed by atoms with Crippen LogP contribution >= 0.6 is 0 Å². The molecule has 6 nitrogen and oxygen atoms in total. The lowest BCUT2D eigenvalue weighted by atomic mass is 9.99. The van der Waals surface area contributed by atoms with Crippen LogP contribution in [0.2, 0.25) is 0 Å². The van der Waals surface area contributed by atoms with E-state index >= 15 is 0 Å². The monoisotopic (exact) mass is 285 g/mol. The summed E-state index contributed by atoms with van der Waals surface area (Å²) in [5.41, 5.74) is -0.649. The Balaban J connectivity index is 4.77. The number of alkyl carbamates (subject to hydrolysis) is 1. The zero-order chi connectivity index (χ0) is 15.9. The Bertz CT molecular complexity index is 400. The number of carbonyl (C=O) groups is 2. The number of hydrogen-bond donors (Lipinski definition) is 3. The van der Waals surface area contributed by atoms with Crippen LogP contribution in [-0.4, -0.2) is 40.0 Å². The van der Waals surface area contributed by atoms with Gasteiger partial charge in [0.1, 0.15) is 11.7 Å². The smallest absolute Gasteiger partial charge is 0.407 e. The van der Waals surface area contributed by atoms with Crippen molar-refractivity contribution in [2.24, 2.45) is 5.92 Å². The largest absolute Gasteiger partial charge is 0.472 e. The van der Waals surface area contributed by atoms with Crippen LogP contribution in [0.1, 0.15) is 41.0 Å². The Morgan fingerprint density at radius 3 is 2.25 bits per heavy atom. The fourth-order valence-electron chi connectivity index (χ4n) is 1.47. The molecule has 3 N–H and O–H groups in total. The molecule has 0 aliphatic rings. The van der Waals surface area contributed by atoms with E-state index in [-0.39, 0.29) is 5.92 Å². The lowest BCUT2D eigenvalue weighted by Crippen LogP contribution is -2.45. The highest BCUT2D eigenvalue weighted by Gasteiger charge is 2.24. The van der Waals surface area contributed by atoms with Gasteiger partial charge in [0.15, 0.2) is 0 Å². The molecule has 0 fully saturated rings. The van der Waals surface area contributed by atoms with Crippen LogP contribution in [-0.2, 0) is 9.53 Å². The second-order valence-electron chi connectivity index (χ2n) is 5.90. The topological polar surface area (TPSA) is 95.9 Å². The quantitative estimate of drug-likeness (QED) is 0.678. The molecular formula is C14H23NO5. The molecule has 0 aliphatic heterocycles. The second kappa shape index (κ2) is 7.75. The predicted molar refractivity (Wildman–Crippen MR) is 74.0 cm³/mol. The number of rotatable bonds is 4. The van der Waals surface area contributed by atoms with Crippen LogP contribution in [0.3, 0.4) is 0 Å². The number of amides is 1. The molecule has 0 aromatic heterocycles. The predicted octanol–water partition coefficient (Wildman–Crippen LogP) is 1.37. The van der Waals surface area contributed by atoms with E-state index in [0.717, 1.165) is 0 Å². The SMILES string of the molecule is CC(C)C[C@H](NC(=O)OC(C)(C)C)[C@H](O)C#CC(=O)O. The number of nitrogens with one attached hydrogen (secondary N) is 1. The van der Waals surface area contributed by atoms with Crippen molar-refractivity contribution in [1.29, 1.82) is 0 Å². The van der Waals surface area contributed by atoms with Crippen LogP contribution in [0.15, 0.2) is 0 Å². The summed E-state index contributed by atoms with van der Waals surface area (Å²) in [6, 6.07) is -0.684. The lowest BCUT2D eigenvalue weighted by Gasteiger charge is -2.25. The normalized spacial score (nSPS) is 13.9. The molecule has 6 heteroatoms. The van der Waals surface area contributed by atoms with Crippen LogP contribution in [0.25, 0.3) is 0 Å². The van der Waals surface area contributed by atoms with Crippen molar-refractivity contribution in [3.05, 3.63) is 0 Å². The van der Waals surface area contributed by atoms with Gasteiger partial charge in [0.05, 0.1) is 6.04 Å². The van der Waals surface area contributed by atoms with Crippen molar-refractivity contribution in [2.75, 3.05) is 0 Å². The molecule has 0 saturated heterocycles. The molecule has 2 atom stereocenters. The molecule has 0 rings (SSSR count). The number of carbonyl (C=O) groups excluding carboxylic acids is 1. The Morgan fingerprint density at radius 1 is 1.30 bits per heavy atom. The van der Waals surface area contributed by atoms with Crippen molar-refractivity contribution >= 4 is 12.1 Å². The second-order valence-corrected chi connectivity index (χ2v) is 5.90. The molecule has 0 unspecified atom stereocenters. The first-order valence-corrected chi connectivity index (χ1v) is 6.43. The van der Waals surface area contributed by atoms with Crippen LogP contribution in [0, 0.1) is 17.8 Å². The highest BCUT2D eigenvalue weighted by atomic mass is 16.6. The number of aliphatic hydroxyl groups is 1. The molecule has 0 saturated carbocycles. The van der Waals surface area contributed by atoms with Gasteiger partial charge < -0.3 is 20.3 Å². The van der Waals surface area contributed by atoms with Gasteiger partial charge in [0.2, 0.25) is 0 Å². The number of aliphatic hydroxyl groups excluding tert-OH is 1. The minimum absolute atomic E-state index is 0.191. The third kappa shape index (κ3) is 9.22. The third-order valence-corrected chi connectivity index (χ3v) is 2.14. The maximum absolute atomic E-state index is 11.7. The van der Waals surface area contributed by atoms with Gasteiger partial charge in [-0.15, -0.1) is 0 Å². The van der Waals surface area contributed by atoms with E-state index in [9.17, 15) is 14.7 Å². The molecule has 114 valence electrons. The first-order chi connectivity index (χ1) is 9.01. The molecule has 0 spiro atoms. The molecule has 0 heterocycles. The van der Waals surface area contributed by atoms with Gasteiger partial charge in [-0.05, 0) is 33.1 Å². The molecule has 0 aromatic rings. The Morgan fingerprint density at radius 2 is 1.85 bits per heavy atom. The summed E-state index contributed by atoms with van der Waals surface area (Å²) in [7, 11) is 0. The van der Waals surface area contributed by atoms with E-state index in [4.69, 9.17) is 9.84 Å². The van der Waals surface area contributed by atoms with Crippen LogP contribution in [0.5, 0.6) is 0 Å². The van der Waals surface area contributed by atoms with Crippen LogP contribution < -0.4 is 5.32 Å². The zero-order valence-electron chi connectivity index (χ0n) is 12.6. The number of carboxylic acid groups (broad SMARTS) is 1. The Hall–Kier alpha value is -1.74. The van der Waals surface area contributed by atoms with Gasteiger partial charge in [-0.25, -0.2) is 9.59 Å². The van der Waals surface area contributed by atoms with Crippen LogP contribution in [0.4, 0.5) is 4.79 Å². The Labute approximate surface area is 119 Å². The summed E-state index contributed by atoms with van der Waals surface area (Å²) in [5.74, 6) is 2.90. The summed E-state index contributed by atoms with van der Waals surface area (Å²) in [6.45, 7) is 9.02. The van der Waals surface area contributed by atoms with Gasteiger partial charge >= 0.3 is 12.1 Å². The zero-order valence-corrected chi connectivity index (χ0v) is 12.6. The highest BCUT2D eigenvalue weighted by Crippen LogP contribution is 2.11. The van der Waals surface area contributed by atoms with Crippen molar-refractivity contribution in [3.63, 3.8) is 0 Å². The van der Waals surface area contributed by atoms with E-state index in [0.29, 0.717) is 6.42 Å². The van der Waals surface area contributed by atoms with Gasteiger partial charge in [-0.3, -0.25) is 0 Å². The minimum Gasteiger partial charge on any atom is -0.472 e. The molecular weight excluding hydrogens is 262 g/mol. The van der Waals surface area contributed by atoms with Crippen molar-refractivity contribution in [1.82, 2.24) is 5.32 Å². The van der Waals surface area contributed by atoms with Gasteiger partial charge in [-0.2, -0.15) is 0 Å². The number of hydrogen-bond acceptors (Lipinski definition) is 4. The first kappa shape index (κ1) is 18.3. The molecule has 0 radical (unpaired) electrons. The van der Waals surface area contributed by atoms with E-state index in [1.807, 2.05) is 19.8 Å². The average molecular weight is 285 g/mol. The van der Waals surface area contributed by atoms with Gasteiger partial charge in [0, 0.05) is 5.92 Å².